The number of carbonyl (C=O) groups excluding carboxylic acids is 1. The van der Waals surface area contributed by atoms with Crippen LogP contribution in [0.2, 0.25) is 0 Å². The molecule has 2 aliphatic rings. The van der Waals surface area contributed by atoms with Gasteiger partial charge in [-0.2, -0.15) is 0 Å². The summed E-state index contributed by atoms with van der Waals surface area (Å²) in [7, 11) is 0. The fraction of sp³-hybridized carbons (Fsp3) is 0.650. The summed E-state index contributed by atoms with van der Waals surface area (Å²) >= 11 is 0. The van der Waals surface area contributed by atoms with Crippen molar-refractivity contribution in [3.8, 4) is 0 Å². The molecule has 1 N–H and O–H groups in total. The highest BCUT2D eigenvalue weighted by molar-refractivity contribution is 5.79. The van der Waals surface area contributed by atoms with Gasteiger partial charge in [-0.15, -0.1) is 10.2 Å². The Labute approximate surface area is 165 Å². The number of aromatic nitrogens is 3. The first-order valence-corrected chi connectivity index (χ1v) is 10.2. The third-order valence-corrected chi connectivity index (χ3v) is 5.68. The standard InChI is InChI=1S/C20H29N5O3/c1-14(2)18(21-20(26)16-5-10-28-13-16)19-23-22-17-3-6-24(7-8-25(17)19)11-15-4-9-27-12-15/h4,9,12,14,16,18H,3,5-8,10-11,13H2,1-2H3,(H,21,26)/t16-,18-/m0/s1. The minimum Gasteiger partial charge on any atom is -0.472 e. The van der Waals surface area contributed by atoms with Crippen LogP contribution in [0.3, 0.4) is 0 Å². The molecule has 0 radical (unpaired) electrons. The number of ether oxygens (including phenoxy) is 1. The van der Waals surface area contributed by atoms with Crippen LogP contribution < -0.4 is 5.32 Å². The van der Waals surface area contributed by atoms with Crippen molar-refractivity contribution in [1.82, 2.24) is 25.0 Å². The normalized spacial score (nSPS) is 21.5. The van der Waals surface area contributed by atoms with Crippen LogP contribution >= 0.6 is 0 Å². The average molecular weight is 387 g/mol. The van der Waals surface area contributed by atoms with E-state index in [9.17, 15) is 4.79 Å². The number of carbonyl (C=O) groups is 1. The van der Waals surface area contributed by atoms with Crippen LogP contribution in [-0.2, 0) is 29.0 Å². The minimum atomic E-state index is -0.144. The maximum absolute atomic E-state index is 12.7. The molecule has 1 saturated heterocycles. The predicted octanol–water partition coefficient (Wildman–Crippen LogP) is 1.78. The number of fused-ring (bicyclic) bond motifs is 1. The minimum absolute atomic E-state index is 0.0572. The predicted molar refractivity (Wildman–Crippen MR) is 102 cm³/mol. The van der Waals surface area contributed by atoms with Gasteiger partial charge in [-0.25, -0.2) is 0 Å². The molecule has 8 nitrogen and oxygen atoms in total. The van der Waals surface area contributed by atoms with E-state index in [1.54, 1.807) is 12.5 Å². The molecule has 2 atom stereocenters. The van der Waals surface area contributed by atoms with Gasteiger partial charge in [0.2, 0.25) is 5.91 Å². The van der Waals surface area contributed by atoms with Gasteiger partial charge in [-0.05, 0) is 18.4 Å². The topological polar surface area (TPSA) is 85.4 Å². The molecule has 2 aliphatic heterocycles. The lowest BCUT2D eigenvalue weighted by atomic mass is 10.0. The van der Waals surface area contributed by atoms with E-state index in [2.05, 4.69) is 38.8 Å². The van der Waals surface area contributed by atoms with Crippen LogP contribution in [0, 0.1) is 11.8 Å². The first kappa shape index (κ1) is 19.1. The molecule has 28 heavy (non-hydrogen) atoms. The van der Waals surface area contributed by atoms with E-state index >= 15 is 0 Å². The molecule has 1 fully saturated rings. The Hall–Kier alpha value is -2.19. The van der Waals surface area contributed by atoms with Crippen LogP contribution in [0.5, 0.6) is 0 Å². The van der Waals surface area contributed by atoms with Gasteiger partial charge >= 0.3 is 0 Å². The van der Waals surface area contributed by atoms with E-state index in [4.69, 9.17) is 9.15 Å². The van der Waals surface area contributed by atoms with E-state index in [1.165, 1.54) is 5.56 Å². The zero-order chi connectivity index (χ0) is 19.5. The molecule has 2 aromatic heterocycles. The Morgan fingerprint density at radius 2 is 2.21 bits per heavy atom. The van der Waals surface area contributed by atoms with Gasteiger partial charge in [0.1, 0.15) is 5.82 Å². The van der Waals surface area contributed by atoms with Crippen LogP contribution in [0.4, 0.5) is 0 Å². The van der Waals surface area contributed by atoms with Crippen LogP contribution in [-0.4, -0.2) is 51.9 Å². The molecule has 0 aromatic carbocycles. The highest BCUT2D eigenvalue weighted by Crippen LogP contribution is 2.24. The number of amides is 1. The fourth-order valence-electron chi connectivity index (χ4n) is 3.96. The summed E-state index contributed by atoms with van der Waals surface area (Å²) in [5, 5.41) is 12.1. The number of hydrogen-bond acceptors (Lipinski definition) is 6. The first-order valence-electron chi connectivity index (χ1n) is 10.2. The lowest BCUT2D eigenvalue weighted by Crippen LogP contribution is -2.38. The monoisotopic (exact) mass is 387 g/mol. The van der Waals surface area contributed by atoms with Crippen molar-refractivity contribution in [3.63, 3.8) is 0 Å². The lowest BCUT2D eigenvalue weighted by molar-refractivity contribution is -0.126. The quantitative estimate of drug-likeness (QED) is 0.813. The molecular weight excluding hydrogens is 358 g/mol. The summed E-state index contributed by atoms with van der Waals surface area (Å²) in [6, 6.07) is 1.86. The number of nitrogens with zero attached hydrogens (tertiary/aromatic N) is 4. The molecule has 0 bridgehead atoms. The summed E-state index contributed by atoms with van der Waals surface area (Å²) < 4.78 is 12.8. The van der Waals surface area contributed by atoms with Crippen LogP contribution in [0.25, 0.3) is 0 Å². The molecule has 152 valence electrons. The number of furan rings is 1. The summed E-state index contributed by atoms with van der Waals surface area (Å²) in [6.07, 6.45) is 5.15. The Bertz CT molecular complexity index is 780. The van der Waals surface area contributed by atoms with E-state index in [-0.39, 0.29) is 23.8 Å². The molecule has 0 spiro atoms. The van der Waals surface area contributed by atoms with Crippen molar-refractivity contribution >= 4 is 5.91 Å². The highest BCUT2D eigenvalue weighted by Gasteiger charge is 2.31. The van der Waals surface area contributed by atoms with Gasteiger partial charge in [-0.3, -0.25) is 9.69 Å². The van der Waals surface area contributed by atoms with Crippen molar-refractivity contribution < 1.29 is 13.9 Å². The maximum atomic E-state index is 12.7. The molecule has 4 heterocycles. The summed E-state index contributed by atoms with van der Waals surface area (Å²) in [5.41, 5.74) is 1.18. The van der Waals surface area contributed by atoms with Gasteiger partial charge < -0.3 is 19.0 Å². The van der Waals surface area contributed by atoms with Crippen molar-refractivity contribution in [3.05, 3.63) is 35.8 Å². The Kier molecular flexibility index (Phi) is 5.77. The number of rotatable bonds is 6. The van der Waals surface area contributed by atoms with E-state index in [1.807, 2.05) is 6.07 Å². The average Bonchev–Trinajstić information content (AvgIpc) is 3.42. The fourth-order valence-corrected chi connectivity index (χ4v) is 3.96. The highest BCUT2D eigenvalue weighted by atomic mass is 16.5. The maximum Gasteiger partial charge on any atom is 0.226 e. The Morgan fingerprint density at radius 3 is 2.93 bits per heavy atom. The van der Waals surface area contributed by atoms with Crippen LogP contribution in [0.15, 0.2) is 23.0 Å². The zero-order valence-corrected chi connectivity index (χ0v) is 16.6. The molecule has 4 rings (SSSR count). The van der Waals surface area contributed by atoms with E-state index in [0.717, 1.165) is 50.7 Å². The second-order valence-corrected chi connectivity index (χ2v) is 8.07. The molecule has 0 saturated carbocycles. The van der Waals surface area contributed by atoms with Gasteiger partial charge in [0.15, 0.2) is 5.82 Å². The molecular formula is C20H29N5O3. The van der Waals surface area contributed by atoms with Crippen molar-refractivity contribution in [2.75, 3.05) is 26.3 Å². The van der Waals surface area contributed by atoms with Crippen molar-refractivity contribution in [1.29, 1.82) is 0 Å². The lowest BCUT2D eigenvalue weighted by Gasteiger charge is -2.24. The molecule has 2 aromatic rings. The Balaban J connectivity index is 1.46. The number of nitrogens with one attached hydrogen (secondary N) is 1. The van der Waals surface area contributed by atoms with Gasteiger partial charge in [-0.1, -0.05) is 13.8 Å². The van der Waals surface area contributed by atoms with Gasteiger partial charge in [0.05, 0.1) is 31.1 Å². The SMILES string of the molecule is CC(C)[C@H](NC(=O)[C@H]1CCOC1)c1nnc2n1CCN(Cc1ccoc1)CC2. The van der Waals surface area contributed by atoms with Gasteiger partial charge in [0.25, 0.3) is 0 Å². The van der Waals surface area contributed by atoms with Crippen LogP contribution in [0.1, 0.15) is 43.5 Å². The second-order valence-electron chi connectivity index (χ2n) is 8.07. The van der Waals surface area contributed by atoms with E-state index in [0.29, 0.717) is 13.2 Å². The van der Waals surface area contributed by atoms with Crippen molar-refractivity contribution in [2.45, 2.75) is 45.8 Å². The van der Waals surface area contributed by atoms with E-state index < -0.39 is 0 Å². The van der Waals surface area contributed by atoms with Crippen molar-refractivity contribution in [2.24, 2.45) is 11.8 Å². The third-order valence-electron chi connectivity index (χ3n) is 5.68. The van der Waals surface area contributed by atoms with Gasteiger partial charge in [0, 0.05) is 44.8 Å². The molecule has 0 aliphatic carbocycles. The zero-order valence-electron chi connectivity index (χ0n) is 16.6. The second kappa shape index (κ2) is 8.45. The largest absolute Gasteiger partial charge is 0.472 e. The smallest absolute Gasteiger partial charge is 0.226 e. The Morgan fingerprint density at radius 1 is 1.32 bits per heavy atom. The third kappa shape index (κ3) is 4.12. The summed E-state index contributed by atoms with van der Waals surface area (Å²) in [4.78, 5) is 15.1. The molecule has 0 unspecified atom stereocenters. The first-order chi connectivity index (χ1) is 13.6. The number of hydrogen-bond donors (Lipinski definition) is 1. The summed E-state index contributed by atoms with van der Waals surface area (Å²) in [6.45, 7) is 8.94. The molecule has 8 heteroatoms. The molecule has 1 amide bonds. The summed E-state index contributed by atoms with van der Waals surface area (Å²) in [5.74, 6) is 2.09.